The highest BCUT2D eigenvalue weighted by Gasteiger charge is 2.27. The molecule has 1 amide bonds. The van der Waals surface area contributed by atoms with Crippen LogP contribution < -0.4 is 4.90 Å². The quantitative estimate of drug-likeness (QED) is 0.810. The zero-order valence-corrected chi connectivity index (χ0v) is 9.13. The summed E-state index contributed by atoms with van der Waals surface area (Å²) < 4.78 is 0. The Morgan fingerprint density at radius 1 is 1.06 bits per heavy atom. The highest BCUT2D eigenvalue weighted by Crippen LogP contribution is 2.29. The standard InChI is InChI=1S/C14H11NO2/c16-12-6-3-5-11(8-12)15-9-10-4-1-2-7-13(10)14(15)17/h1-8,16H,9H2. The maximum Gasteiger partial charge on any atom is 0.258 e. The first-order valence-electron chi connectivity index (χ1n) is 5.44. The van der Waals surface area contributed by atoms with Crippen molar-refractivity contribution in [2.24, 2.45) is 0 Å². The molecule has 0 aromatic heterocycles. The summed E-state index contributed by atoms with van der Waals surface area (Å²) in [5, 5.41) is 9.44. The van der Waals surface area contributed by atoms with Crippen molar-refractivity contribution in [3.8, 4) is 5.75 Å². The number of phenols is 1. The van der Waals surface area contributed by atoms with Crippen molar-refractivity contribution in [3.63, 3.8) is 0 Å². The maximum atomic E-state index is 12.2. The largest absolute Gasteiger partial charge is 0.508 e. The summed E-state index contributed by atoms with van der Waals surface area (Å²) in [6.45, 7) is 0.568. The fourth-order valence-electron chi connectivity index (χ4n) is 2.12. The summed E-state index contributed by atoms with van der Waals surface area (Å²) in [6.07, 6.45) is 0. The maximum absolute atomic E-state index is 12.2. The Balaban J connectivity index is 2.02. The first kappa shape index (κ1) is 9.90. The fraction of sp³-hybridized carbons (Fsp3) is 0.0714. The number of aromatic hydroxyl groups is 1. The lowest BCUT2D eigenvalue weighted by Gasteiger charge is -2.15. The van der Waals surface area contributed by atoms with E-state index in [0.717, 1.165) is 16.8 Å². The van der Waals surface area contributed by atoms with Crippen LogP contribution in [0.5, 0.6) is 5.75 Å². The second kappa shape index (κ2) is 3.63. The van der Waals surface area contributed by atoms with Gasteiger partial charge in [0.15, 0.2) is 0 Å². The Morgan fingerprint density at radius 2 is 1.88 bits per heavy atom. The molecule has 0 atom stereocenters. The van der Waals surface area contributed by atoms with E-state index in [-0.39, 0.29) is 11.7 Å². The molecule has 1 aliphatic heterocycles. The number of carbonyl (C=O) groups excluding carboxylic acids is 1. The predicted octanol–water partition coefficient (Wildman–Crippen LogP) is 2.55. The van der Waals surface area contributed by atoms with Crippen molar-refractivity contribution in [3.05, 3.63) is 59.7 Å². The van der Waals surface area contributed by atoms with Crippen LogP contribution in [0, 0.1) is 0 Å². The van der Waals surface area contributed by atoms with Crippen LogP contribution in [-0.4, -0.2) is 11.0 Å². The minimum atomic E-state index is -0.00815. The van der Waals surface area contributed by atoms with Gasteiger partial charge in [-0.25, -0.2) is 0 Å². The molecule has 0 bridgehead atoms. The molecular formula is C14H11NO2. The molecule has 0 radical (unpaired) electrons. The van der Waals surface area contributed by atoms with E-state index < -0.39 is 0 Å². The molecule has 17 heavy (non-hydrogen) atoms. The third-order valence-corrected chi connectivity index (χ3v) is 2.96. The summed E-state index contributed by atoms with van der Waals surface area (Å²) in [6, 6.07) is 14.3. The van der Waals surface area contributed by atoms with E-state index >= 15 is 0 Å². The number of benzene rings is 2. The van der Waals surface area contributed by atoms with Crippen molar-refractivity contribution in [2.75, 3.05) is 4.90 Å². The molecule has 2 aromatic rings. The van der Waals surface area contributed by atoms with Gasteiger partial charge < -0.3 is 10.0 Å². The zero-order valence-electron chi connectivity index (χ0n) is 9.13. The molecule has 0 unspecified atom stereocenters. The van der Waals surface area contributed by atoms with E-state index in [1.54, 1.807) is 23.1 Å². The molecule has 1 aliphatic rings. The van der Waals surface area contributed by atoms with Crippen molar-refractivity contribution in [1.29, 1.82) is 0 Å². The van der Waals surface area contributed by atoms with Crippen molar-refractivity contribution in [1.82, 2.24) is 0 Å². The lowest BCUT2D eigenvalue weighted by atomic mass is 10.1. The SMILES string of the molecule is O=C1c2ccccc2CN1c1cccc(O)c1. The average molecular weight is 225 g/mol. The Kier molecular flexibility index (Phi) is 2.11. The van der Waals surface area contributed by atoms with Gasteiger partial charge in [-0.05, 0) is 23.8 Å². The topological polar surface area (TPSA) is 40.5 Å². The normalized spacial score (nSPS) is 13.9. The molecule has 0 saturated heterocycles. The third-order valence-electron chi connectivity index (χ3n) is 2.96. The Labute approximate surface area is 98.9 Å². The van der Waals surface area contributed by atoms with Crippen LogP contribution in [0.2, 0.25) is 0 Å². The van der Waals surface area contributed by atoms with Crippen molar-refractivity contribution in [2.45, 2.75) is 6.54 Å². The molecular weight excluding hydrogens is 214 g/mol. The predicted molar refractivity (Wildman–Crippen MR) is 65.1 cm³/mol. The van der Waals surface area contributed by atoms with Gasteiger partial charge in [-0.2, -0.15) is 0 Å². The lowest BCUT2D eigenvalue weighted by Crippen LogP contribution is -2.22. The number of phenolic OH excluding ortho intramolecular Hbond substituents is 1. The number of rotatable bonds is 1. The van der Waals surface area contributed by atoms with Crippen LogP contribution in [0.4, 0.5) is 5.69 Å². The van der Waals surface area contributed by atoms with E-state index in [4.69, 9.17) is 0 Å². The number of nitrogens with zero attached hydrogens (tertiary/aromatic N) is 1. The monoisotopic (exact) mass is 225 g/mol. The van der Waals surface area contributed by atoms with Gasteiger partial charge in [0.25, 0.3) is 5.91 Å². The number of anilines is 1. The van der Waals surface area contributed by atoms with E-state index in [1.807, 2.05) is 30.3 Å². The van der Waals surface area contributed by atoms with E-state index in [0.29, 0.717) is 6.54 Å². The van der Waals surface area contributed by atoms with E-state index in [2.05, 4.69) is 0 Å². The molecule has 0 saturated carbocycles. The van der Waals surface area contributed by atoms with Gasteiger partial charge in [0.1, 0.15) is 5.75 Å². The van der Waals surface area contributed by atoms with E-state index in [9.17, 15) is 9.90 Å². The van der Waals surface area contributed by atoms with Gasteiger partial charge in [0.2, 0.25) is 0 Å². The lowest BCUT2D eigenvalue weighted by molar-refractivity contribution is 0.0996. The van der Waals surface area contributed by atoms with Crippen LogP contribution in [0.25, 0.3) is 0 Å². The van der Waals surface area contributed by atoms with E-state index in [1.165, 1.54) is 0 Å². The molecule has 1 N–H and O–H groups in total. The minimum Gasteiger partial charge on any atom is -0.508 e. The molecule has 0 spiro atoms. The van der Waals surface area contributed by atoms with Crippen molar-refractivity contribution < 1.29 is 9.90 Å². The van der Waals surface area contributed by atoms with Crippen LogP contribution >= 0.6 is 0 Å². The zero-order chi connectivity index (χ0) is 11.8. The number of fused-ring (bicyclic) bond motifs is 1. The van der Waals surface area contributed by atoms with Crippen molar-refractivity contribution >= 4 is 11.6 Å². The molecule has 0 fully saturated rings. The van der Waals surface area contributed by atoms with Crippen LogP contribution in [0.15, 0.2) is 48.5 Å². The fourth-order valence-corrected chi connectivity index (χ4v) is 2.12. The van der Waals surface area contributed by atoms with Gasteiger partial charge in [-0.1, -0.05) is 24.3 Å². The first-order chi connectivity index (χ1) is 8.25. The minimum absolute atomic E-state index is 0.00815. The molecule has 3 rings (SSSR count). The summed E-state index contributed by atoms with van der Waals surface area (Å²) in [7, 11) is 0. The first-order valence-corrected chi connectivity index (χ1v) is 5.44. The van der Waals surface area contributed by atoms with Crippen LogP contribution in [-0.2, 0) is 6.54 Å². The highest BCUT2D eigenvalue weighted by atomic mass is 16.3. The number of amides is 1. The smallest absolute Gasteiger partial charge is 0.258 e. The number of hydrogen-bond donors (Lipinski definition) is 1. The molecule has 84 valence electrons. The Bertz CT molecular complexity index is 592. The molecule has 0 aliphatic carbocycles. The van der Waals surface area contributed by atoms with Crippen LogP contribution in [0.1, 0.15) is 15.9 Å². The number of carbonyl (C=O) groups is 1. The number of hydrogen-bond acceptors (Lipinski definition) is 2. The molecule has 3 nitrogen and oxygen atoms in total. The average Bonchev–Trinajstić information content (AvgIpc) is 2.68. The second-order valence-electron chi connectivity index (χ2n) is 4.07. The Morgan fingerprint density at radius 3 is 2.65 bits per heavy atom. The van der Waals surface area contributed by atoms with Gasteiger partial charge >= 0.3 is 0 Å². The summed E-state index contributed by atoms with van der Waals surface area (Å²) in [4.78, 5) is 13.8. The van der Waals surface area contributed by atoms with Crippen LogP contribution in [0.3, 0.4) is 0 Å². The van der Waals surface area contributed by atoms with Gasteiger partial charge in [0, 0.05) is 17.3 Å². The summed E-state index contributed by atoms with van der Waals surface area (Å²) >= 11 is 0. The van der Waals surface area contributed by atoms with Gasteiger partial charge in [0.05, 0.1) is 6.54 Å². The summed E-state index contributed by atoms with van der Waals surface area (Å²) in [5.41, 5.74) is 2.50. The molecule has 1 heterocycles. The van der Waals surface area contributed by atoms with Gasteiger partial charge in [-0.3, -0.25) is 4.79 Å². The van der Waals surface area contributed by atoms with Gasteiger partial charge in [-0.15, -0.1) is 0 Å². The molecule has 2 aromatic carbocycles. The highest BCUT2D eigenvalue weighted by molar-refractivity contribution is 6.10. The third kappa shape index (κ3) is 1.56. The molecule has 3 heteroatoms. The summed E-state index contributed by atoms with van der Waals surface area (Å²) in [5.74, 6) is 0.164. The second-order valence-corrected chi connectivity index (χ2v) is 4.07. The Hall–Kier alpha value is -2.29.